The van der Waals surface area contributed by atoms with Crippen LogP contribution < -0.4 is 5.32 Å². The molecule has 0 radical (unpaired) electrons. The van der Waals surface area contributed by atoms with Crippen LogP contribution in [-0.2, 0) is 4.79 Å². The van der Waals surface area contributed by atoms with Crippen molar-refractivity contribution in [1.82, 2.24) is 15.1 Å². The lowest BCUT2D eigenvalue weighted by Crippen LogP contribution is -2.42. The highest BCUT2D eigenvalue weighted by atomic mass is 16.4. The Morgan fingerprint density at radius 2 is 2.05 bits per heavy atom. The molecule has 0 aromatic heterocycles. The Morgan fingerprint density at radius 3 is 2.71 bits per heavy atom. The minimum atomic E-state index is -0.713. The standard InChI is InChI=1S/C16H31N3O2/c1-2-8-17-15(16(20)21)7-12-18-11-6-14(13-18)19-9-4-3-5-10-19/h14-15,17H,2-13H2,1H3,(H,20,21). The van der Waals surface area contributed by atoms with E-state index in [0.29, 0.717) is 12.5 Å². The lowest BCUT2D eigenvalue weighted by molar-refractivity contribution is -0.139. The SMILES string of the molecule is CCCNC(CCN1CCC(N2CCCCC2)C1)C(=O)O. The summed E-state index contributed by atoms with van der Waals surface area (Å²) in [6, 6.07) is 0.316. The van der Waals surface area contributed by atoms with Crippen molar-refractivity contribution in [3.8, 4) is 0 Å². The summed E-state index contributed by atoms with van der Waals surface area (Å²) in [6.45, 7) is 8.52. The molecule has 0 aliphatic carbocycles. The van der Waals surface area contributed by atoms with E-state index in [0.717, 1.165) is 32.6 Å². The summed E-state index contributed by atoms with van der Waals surface area (Å²) in [5.41, 5.74) is 0. The Bertz CT molecular complexity index is 319. The van der Waals surface area contributed by atoms with Crippen molar-refractivity contribution in [2.24, 2.45) is 0 Å². The van der Waals surface area contributed by atoms with E-state index in [1.165, 1.54) is 38.8 Å². The molecule has 122 valence electrons. The Balaban J connectivity index is 1.70. The van der Waals surface area contributed by atoms with Crippen molar-refractivity contribution >= 4 is 5.97 Å². The monoisotopic (exact) mass is 297 g/mol. The molecule has 5 heteroatoms. The number of rotatable bonds is 8. The topological polar surface area (TPSA) is 55.8 Å². The quantitative estimate of drug-likeness (QED) is 0.709. The van der Waals surface area contributed by atoms with E-state index in [4.69, 9.17) is 0 Å². The first kappa shape index (κ1) is 16.7. The highest BCUT2D eigenvalue weighted by Gasteiger charge is 2.29. The molecular weight excluding hydrogens is 266 g/mol. The summed E-state index contributed by atoms with van der Waals surface area (Å²) in [5.74, 6) is -0.713. The average Bonchev–Trinajstić information content (AvgIpc) is 2.97. The van der Waals surface area contributed by atoms with Crippen LogP contribution in [0.2, 0.25) is 0 Å². The van der Waals surface area contributed by atoms with Crippen molar-refractivity contribution < 1.29 is 9.90 Å². The normalized spacial score (nSPS) is 26.0. The molecule has 2 N–H and O–H groups in total. The van der Waals surface area contributed by atoms with Gasteiger partial charge in [0.1, 0.15) is 6.04 Å². The molecule has 0 spiro atoms. The molecule has 2 aliphatic heterocycles. The highest BCUT2D eigenvalue weighted by molar-refractivity contribution is 5.73. The average molecular weight is 297 g/mol. The van der Waals surface area contributed by atoms with E-state index < -0.39 is 5.97 Å². The lowest BCUT2D eigenvalue weighted by Gasteiger charge is -2.32. The van der Waals surface area contributed by atoms with Crippen LogP contribution in [0.4, 0.5) is 0 Å². The molecule has 2 fully saturated rings. The summed E-state index contributed by atoms with van der Waals surface area (Å²) in [7, 11) is 0. The third kappa shape index (κ3) is 5.24. The minimum absolute atomic E-state index is 0.390. The molecule has 2 aliphatic rings. The van der Waals surface area contributed by atoms with Gasteiger partial charge in [-0.2, -0.15) is 0 Å². The van der Waals surface area contributed by atoms with E-state index in [1.54, 1.807) is 0 Å². The smallest absolute Gasteiger partial charge is 0.320 e. The molecule has 2 unspecified atom stereocenters. The summed E-state index contributed by atoms with van der Waals surface area (Å²) in [5, 5.41) is 12.4. The van der Waals surface area contributed by atoms with Gasteiger partial charge in [-0.25, -0.2) is 0 Å². The molecule has 0 aromatic carbocycles. The summed E-state index contributed by atoms with van der Waals surface area (Å²) < 4.78 is 0. The summed E-state index contributed by atoms with van der Waals surface area (Å²) >= 11 is 0. The van der Waals surface area contributed by atoms with E-state index in [9.17, 15) is 9.90 Å². The van der Waals surface area contributed by atoms with Crippen LogP contribution in [-0.4, -0.2) is 72.2 Å². The van der Waals surface area contributed by atoms with Gasteiger partial charge in [-0.1, -0.05) is 13.3 Å². The molecule has 0 aromatic rings. The highest BCUT2D eigenvalue weighted by Crippen LogP contribution is 2.20. The van der Waals surface area contributed by atoms with Crippen LogP contribution in [0.15, 0.2) is 0 Å². The first-order chi connectivity index (χ1) is 10.2. The van der Waals surface area contributed by atoms with Crippen molar-refractivity contribution in [2.45, 2.75) is 57.5 Å². The van der Waals surface area contributed by atoms with Gasteiger partial charge in [-0.15, -0.1) is 0 Å². The van der Waals surface area contributed by atoms with E-state index in [-0.39, 0.29) is 6.04 Å². The fourth-order valence-electron chi connectivity index (χ4n) is 3.54. The maximum Gasteiger partial charge on any atom is 0.320 e. The van der Waals surface area contributed by atoms with Gasteiger partial charge in [0.05, 0.1) is 0 Å². The van der Waals surface area contributed by atoms with Crippen LogP contribution >= 0.6 is 0 Å². The zero-order valence-corrected chi connectivity index (χ0v) is 13.4. The second kappa shape index (κ2) is 8.71. The van der Waals surface area contributed by atoms with Crippen molar-refractivity contribution in [3.05, 3.63) is 0 Å². The van der Waals surface area contributed by atoms with Crippen LogP contribution in [0, 0.1) is 0 Å². The molecule has 0 saturated carbocycles. The molecular formula is C16H31N3O2. The Morgan fingerprint density at radius 1 is 1.29 bits per heavy atom. The number of nitrogens with zero attached hydrogens (tertiary/aromatic N) is 2. The molecule has 0 amide bonds. The molecule has 5 nitrogen and oxygen atoms in total. The van der Waals surface area contributed by atoms with Gasteiger partial charge in [-0.3, -0.25) is 9.69 Å². The van der Waals surface area contributed by atoms with Crippen LogP contribution in [0.1, 0.15) is 45.4 Å². The van der Waals surface area contributed by atoms with Gasteiger partial charge >= 0.3 is 5.97 Å². The first-order valence-electron chi connectivity index (χ1n) is 8.63. The summed E-state index contributed by atoms with van der Waals surface area (Å²) in [4.78, 5) is 16.3. The van der Waals surface area contributed by atoms with Crippen molar-refractivity contribution in [1.29, 1.82) is 0 Å². The molecule has 2 heterocycles. The molecule has 2 rings (SSSR count). The zero-order valence-electron chi connectivity index (χ0n) is 13.4. The Kier molecular flexibility index (Phi) is 6.93. The maximum absolute atomic E-state index is 11.2. The Labute approximate surface area is 128 Å². The summed E-state index contributed by atoms with van der Waals surface area (Å²) in [6.07, 6.45) is 7.01. The van der Waals surface area contributed by atoms with Gasteiger partial charge in [-0.05, 0) is 58.3 Å². The second-order valence-electron chi connectivity index (χ2n) is 6.47. The fraction of sp³-hybridized carbons (Fsp3) is 0.938. The predicted octanol–water partition coefficient (Wildman–Crippen LogP) is 1.39. The largest absolute Gasteiger partial charge is 0.480 e. The predicted molar refractivity (Wildman–Crippen MR) is 84.6 cm³/mol. The number of aliphatic carboxylic acids is 1. The number of hydrogen-bond acceptors (Lipinski definition) is 4. The van der Waals surface area contributed by atoms with Gasteiger partial charge in [0.2, 0.25) is 0 Å². The second-order valence-corrected chi connectivity index (χ2v) is 6.47. The first-order valence-corrected chi connectivity index (χ1v) is 8.63. The molecule has 21 heavy (non-hydrogen) atoms. The number of likely N-dealkylation sites (tertiary alicyclic amines) is 2. The van der Waals surface area contributed by atoms with Gasteiger partial charge in [0, 0.05) is 19.1 Å². The minimum Gasteiger partial charge on any atom is -0.480 e. The Hall–Kier alpha value is -0.650. The van der Waals surface area contributed by atoms with Crippen LogP contribution in [0.3, 0.4) is 0 Å². The fourth-order valence-corrected chi connectivity index (χ4v) is 3.54. The lowest BCUT2D eigenvalue weighted by atomic mass is 10.1. The number of piperidine rings is 1. The van der Waals surface area contributed by atoms with Crippen molar-refractivity contribution in [3.63, 3.8) is 0 Å². The van der Waals surface area contributed by atoms with E-state index in [1.807, 2.05) is 0 Å². The third-order valence-corrected chi connectivity index (χ3v) is 4.83. The third-order valence-electron chi connectivity index (χ3n) is 4.83. The van der Waals surface area contributed by atoms with Gasteiger partial charge in [0.15, 0.2) is 0 Å². The van der Waals surface area contributed by atoms with Crippen LogP contribution in [0.5, 0.6) is 0 Å². The number of carboxylic acids is 1. The molecule has 2 atom stereocenters. The molecule has 0 bridgehead atoms. The van der Waals surface area contributed by atoms with E-state index >= 15 is 0 Å². The van der Waals surface area contributed by atoms with Gasteiger partial charge in [0.25, 0.3) is 0 Å². The van der Waals surface area contributed by atoms with Crippen molar-refractivity contribution in [2.75, 3.05) is 39.3 Å². The van der Waals surface area contributed by atoms with Crippen LogP contribution in [0.25, 0.3) is 0 Å². The maximum atomic E-state index is 11.2. The number of hydrogen-bond donors (Lipinski definition) is 2. The number of carbonyl (C=O) groups is 1. The van der Waals surface area contributed by atoms with Gasteiger partial charge < -0.3 is 15.3 Å². The zero-order chi connectivity index (χ0) is 15.1. The number of nitrogens with one attached hydrogen (secondary N) is 1. The molecule has 2 saturated heterocycles. The van der Waals surface area contributed by atoms with E-state index in [2.05, 4.69) is 22.0 Å². The number of carboxylic acid groups (broad SMARTS) is 1.